The minimum Gasteiger partial charge on any atom is -0.344 e. The molecule has 1 rings (SSSR count). The summed E-state index contributed by atoms with van der Waals surface area (Å²) in [6.07, 6.45) is 8.26. The molecule has 1 heterocycles. The standard InChI is InChI=1S/C13H19N/c1-3-4-5-6-7-8-10-13-11-9-12-14(13)2/h9,11-12H,3-7H2,1-2H3. The first-order valence-electron chi connectivity index (χ1n) is 5.45. The van der Waals surface area contributed by atoms with Gasteiger partial charge in [-0.3, -0.25) is 0 Å². The van der Waals surface area contributed by atoms with E-state index in [0.29, 0.717) is 0 Å². The lowest BCUT2D eigenvalue weighted by atomic mass is 10.1. The molecule has 1 nitrogen and oxygen atoms in total. The third kappa shape index (κ3) is 3.70. The molecule has 0 aliphatic carbocycles. The summed E-state index contributed by atoms with van der Waals surface area (Å²) in [4.78, 5) is 0. The summed E-state index contributed by atoms with van der Waals surface area (Å²) in [6.45, 7) is 2.23. The predicted octanol–water partition coefficient (Wildman–Crippen LogP) is 3.35. The van der Waals surface area contributed by atoms with Crippen LogP contribution in [0.15, 0.2) is 18.3 Å². The summed E-state index contributed by atoms with van der Waals surface area (Å²) in [5, 5.41) is 0. The van der Waals surface area contributed by atoms with Crippen molar-refractivity contribution < 1.29 is 0 Å². The first kappa shape index (κ1) is 10.9. The van der Waals surface area contributed by atoms with E-state index in [2.05, 4.69) is 29.4 Å². The molecular formula is C13H19N. The molecule has 14 heavy (non-hydrogen) atoms. The summed E-state index contributed by atoms with van der Waals surface area (Å²) in [5.74, 6) is 6.40. The average Bonchev–Trinajstić information content (AvgIpc) is 2.58. The van der Waals surface area contributed by atoms with Gasteiger partial charge in [0.15, 0.2) is 0 Å². The number of aromatic nitrogens is 1. The second-order valence-corrected chi connectivity index (χ2v) is 3.62. The normalized spacial score (nSPS) is 9.57. The molecule has 0 bridgehead atoms. The van der Waals surface area contributed by atoms with Crippen molar-refractivity contribution in [2.75, 3.05) is 0 Å². The van der Waals surface area contributed by atoms with Crippen molar-refractivity contribution in [2.45, 2.75) is 39.0 Å². The van der Waals surface area contributed by atoms with Gasteiger partial charge in [0.05, 0.1) is 5.69 Å². The molecule has 0 aliphatic rings. The lowest BCUT2D eigenvalue weighted by Gasteiger charge is -1.93. The number of nitrogens with zero attached hydrogens (tertiary/aromatic N) is 1. The van der Waals surface area contributed by atoms with Crippen molar-refractivity contribution in [2.24, 2.45) is 7.05 Å². The molecule has 1 aromatic heterocycles. The maximum atomic E-state index is 3.22. The summed E-state index contributed by atoms with van der Waals surface area (Å²) in [5.41, 5.74) is 1.11. The molecule has 0 aromatic carbocycles. The molecule has 0 saturated carbocycles. The average molecular weight is 189 g/mol. The Morgan fingerprint density at radius 2 is 2.14 bits per heavy atom. The number of hydrogen-bond donors (Lipinski definition) is 0. The molecule has 0 aliphatic heterocycles. The fourth-order valence-corrected chi connectivity index (χ4v) is 1.38. The van der Waals surface area contributed by atoms with E-state index < -0.39 is 0 Å². The van der Waals surface area contributed by atoms with E-state index in [1.165, 1.54) is 25.7 Å². The van der Waals surface area contributed by atoms with Crippen molar-refractivity contribution in [1.29, 1.82) is 0 Å². The molecule has 0 unspecified atom stereocenters. The number of rotatable bonds is 4. The van der Waals surface area contributed by atoms with Crippen LogP contribution in [0.25, 0.3) is 0 Å². The Morgan fingerprint density at radius 1 is 1.29 bits per heavy atom. The van der Waals surface area contributed by atoms with E-state index in [-0.39, 0.29) is 0 Å². The molecule has 1 aromatic rings. The van der Waals surface area contributed by atoms with Crippen molar-refractivity contribution in [3.8, 4) is 11.8 Å². The summed E-state index contributed by atoms with van der Waals surface area (Å²) in [6, 6.07) is 4.08. The fourth-order valence-electron chi connectivity index (χ4n) is 1.38. The van der Waals surface area contributed by atoms with Crippen molar-refractivity contribution in [1.82, 2.24) is 4.57 Å². The highest BCUT2D eigenvalue weighted by atomic mass is 14.9. The van der Waals surface area contributed by atoms with Gasteiger partial charge in [0.2, 0.25) is 0 Å². The van der Waals surface area contributed by atoms with Crippen LogP contribution in [0.3, 0.4) is 0 Å². The zero-order valence-electron chi connectivity index (χ0n) is 9.21. The maximum absolute atomic E-state index is 3.22. The molecule has 0 N–H and O–H groups in total. The Morgan fingerprint density at radius 3 is 2.79 bits per heavy atom. The first-order chi connectivity index (χ1) is 6.84. The Bertz CT molecular complexity index is 311. The Kier molecular flexibility index (Phi) is 4.93. The van der Waals surface area contributed by atoms with Crippen LogP contribution < -0.4 is 0 Å². The lowest BCUT2D eigenvalue weighted by Crippen LogP contribution is -1.87. The maximum Gasteiger partial charge on any atom is 0.0916 e. The van der Waals surface area contributed by atoms with Gasteiger partial charge in [-0.1, -0.05) is 32.1 Å². The SMILES string of the molecule is CCCCCCC#Cc1cccn1C. The molecular weight excluding hydrogens is 170 g/mol. The van der Waals surface area contributed by atoms with E-state index >= 15 is 0 Å². The van der Waals surface area contributed by atoms with Gasteiger partial charge >= 0.3 is 0 Å². The van der Waals surface area contributed by atoms with Crippen LogP contribution in [0.4, 0.5) is 0 Å². The zero-order valence-corrected chi connectivity index (χ0v) is 9.21. The van der Waals surface area contributed by atoms with Crippen LogP contribution in [-0.4, -0.2) is 4.57 Å². The Labute approximate surface area is 87.1 Å². The van der Waals surface area contributed by atoms with Gasteiger partial charge in [0.1, 0.15) is 0 Å². The van der Waals surface area contributed by atoms with E-state index in [9.17, 15) is 0 Å². The smallest absolute Gasteiger partial charge is 0.0916 e. The van der Waals surface area contributed by atoms with Crippen molar-refractivity contribution >= 4 is 0 Å². The van der Waals surface area contributed by atoms with Gasteiger partial charge in [-0.25, -0.2) is 0 Å². The molecule has 0 atom stereocenters. The Balaban J connectivity index is 2.24. The monoisotopic (exact) mass is 189 g/mol. The molecule has 0 amide bonds. The quantitative estimate of drug-likeness (QED) is 0.505. The number of aryl methyl sites for hydroxylation is 1. The van der Waals surface area contributed by atoms with Gasteiger partial charge in [-0.05, 0) is 24.5 Å². The second kappa shape index (κ2) is 6.32. The van der Waals surface area contributed by atoms with Gasteiger partial charge in [0, 0.05) is 19.7 Å². The van der Waals surface area contributed by atoms with Gasteiger partial charge in [-0.15, -0.1) is 0 Å². The summed E-state index contributed by atoms with van der Waals surface area (Å²) in [7, 11) is 2.03. The van der Waals surface area contributed by atoms with E-state index in [1.807, 2.05) is 19.3 Å². The highest BCUT2D eigenvalue weighted by Gasteiger charge is 1.89. The summed E-state index contributed by atoms with van der Waals surface area (Å²) >= 11 is 0. The van der Waals surface area contributed by atoms with E-state index in [1.54, 1.807) is 0 Å². The van der Waals surface area contributed by atoms with Crippen LogP contribution in [0, 0.1) is 11.8 Å². The number of unbranched alkanes of at least 4 members (excludes halogenated alkanes) is 4. The van der Waals surface area contributed by atoms with Crippen molar-refractivity contribution in [3.05, 3.63) is 24.0 Å². The fraction of sp³-hybridized carbons (Fsp3) is 0.538. The molecule has 0 spiro atoms. The zero-order chi connectivity index (χ0) is 10.2. The van der Waals surface area contributed by atoms with E-state index in [0.717, 1.165) is 12.1 Å². The highest BCUT2D eigenvalue weighted by molar-refractivity contribution is 5.28. The van der Waals surface area contributed by atoms with Crippen molar-refractivity contribution in [3.63, 3.8) is 0 Å². The highest BCUT2D eigenvalue weighted by Crippen LogP contribution is 2.02. The topological polar surface area (TPSA) is 4.93 Å². The van der Waals surface area contributed by atoms with Crippen LogP contribution in [-0.2, 0) is 7.05 Å². The Hall–Kier alpha value is -1.16. The third-order valence-corrected chi connectivity index (χ3v) is 2.32. The van der Waals surface area contributed by atoms with Crippen LogP contribution in [0.2, 0.25) is 0 Å². The molecule has 1 heteroatoms. The molecule has 0 radical (unpaired) electrons. The second-order valence-electron chi connectivity index (χ2n) is 3.62. The molecule has 76 valence electrons. The minimum atomic E-state index is 1.03. The third-order valence-electron chi connectivity index (χ3n) is 2.32. The van der Waals surface area contributed by atoms with Crippen LogP contribution in [0.1, 0.15) is 44.7 Å². The largest absolute Gasteiger partial charge is 0.344 e. The summed E-state index contributed by atoms with van der Waals surface area (Å²) < 4.78 is 2.05. The van der Waals surface area contributed by atoms with Crippen LogP contribution >= 0.6 is 0 Å². The molecule has 0 saturated heterocycles. The van der Waals surface area contributed by atoms with Gasteiger partial charge in [-0.2, -0.15) is 0 Å². The van der Waals surface area contributed by atoms with Crippen LogP contribution in [0.5, 0.6) is 0 Å². The minimum absolute atomic E-state index is 1.03. The lowest BCUT2D eigenvalue weighted by molar-refractivity contribution is 0.679. The van der Waals surface area contributed by atoms with Gasteiger partial charge in [0.25, 0.3) is 0 Å². The van der Waals surface area contributed by atoms with E-state index in [4.69, 9.17) is 0 Å². The number of hydrogen-bond acceptors (Lipinski definition) is 0. The predicted molar refractivity (Wildman–Crippen MR) is 61.1 cm³/mol. The molecule has 0 fully saturated rings. The first-order valence-corrected chi connectivity index (χ1v) is 5.45. The van der Waals surface area contributed by atoms with Gasteiger partial charge < -0.3 is 4.57 Å².